The highest BCUT2D eigenvalue weighted by Gasteiger charge is 2.28. The minimum atomic E-state index is -2.61. The molecule has 1 unspecified atom stereocenters. The third-order valence-electron chi connectivity index (χ3n) is 5.46. The third-order valence-corrected chi connectivity index (χ3v) is 5.46. The van der Waals surface area contributed by atoms with E-state index in [9.17, 15) is 13.9 Å². The highest BCUT2D eigenvalue weighted by molar-refractivity contribution is 5.76. The fraction of sp³-hybridized carbons (Fsp3) is 0.381. The van der Waals surface area contributed by atoms with Crippen molar-refractivity contribution in [2.75, 3.05) is 26.2 Å². The smallest absolute Gasteiger partial charge is 0.320 e. The summed E-state index contributed by atoms with van der Waals surface area (Å²) in [4.78, 5) is 9.03. The van der Waals surface area contributed by atoms with Gasteiger partial charge in [0.05, 0.1) is 17.1 Å². The van der Waals surface area contributed by atoms with Crippen LogP contribution >= 0.6 is 0 Å². The van der Waals surface area contributed by atoms with Gasteiger partial charge in [-0.2, -0.15) is 8.78 Å². The van der Waals surface area contributed by atoms with Crippen molar-refractivity contribution in [1.29, 1.82) is 0 Å². The number of hydrogen-bond acceptors (Lipinski definition) is 4. The van der Waals surface area contributed by atoms with Crippen LogP contribution in [0.5, 0.6) is 5.75 Å². The van der Waals surface area contributed by atoms with Crippen molar-refractivity contribution in [2.45, 2.75) is 26.1 Å². The van der Waals surface area contributed by atoms with Crippen LogP contribution in [0.2, 0.25) is 0 Å². The fourth-order valence-electron chi connectivity index (χ4n) is 3.95. The predicted octanol–water partition coefficient (Wildman–Crippen LogP) is 4.02. The third kappa shape index (κ3) is 3.72. The first-order valence-electron chi connectivity index (χ1n) is 9.52. The monoisotopic (exact) mass is 386 g/mol. The number of fused-ring (bicyclic) bond motifs is 1. The van der Waals surface area contributed by atoms with Gasteiger partial charge in [0.15, 0.2) is 0 Å². The van der Waals surface area contributed by atoms with Crippen LogP contribution in [-0.4, -0.2) is 50.6 Å². The maximum atomic E-state index is 13.7. The maximum absolute atomic E-state index is 13.7. The lowest BCUT2D eigenvalue weighted by atomic mass is 10.1. The average Bonchev–Trinajstić information content (AvgIpc) is 3.08. The molecule has 0 amide bonds. The Hall–Kier alpha value is -2.51. The van der Waals surface area contributed by atoms with Gasteiger partial charge >= 0.3 is 6.55 Å². The minimum absolute atomic E-state index is 0.190. The Morgan fingerprint density at radius 2 is 1.79 bits per heavy atom. The number of imidazole rings is 1. The highest BCUT2D eigenvalue weighted by Crippen LogP contribution is 2.30. The van der Waals surface area contributed by atoms with Crippen molar-refractivity contribution in [3.05, 3.63) is 59.9 Å². The number of hydrogen-bond donors (Lipinski definition) is 1. The summed E-state index contributed by atoms with van der Waals surface area (Å²) in [5, 5.41) is 9.62. The van der Waals surface area contributed by atoms with E-state index in [1.165, 1.54) is 0 Å². The normalized spacial score (nSPS) is 17.4. The Bertz CT molecular complexity index is 950. The van der Waals surface area contributed by atoms with Crippen LogP contribution in [0.25, 0.3) is 11.0 Å². The number of alkyl halides is 2. The molecule has 1 aliphatic rings. The van der Waals surface area contributed by atoms with E-state index in [0.29, 0.717) is 16.9 Å². The molecule has 1 saturated heterocycles. The zero-order chi connectivity index (χ0) is 19.7. The van der Waals surface area contributed by atoms with Crippen LogP contribution in [0, 0.1) is 0 Å². The summed E-state index contributed by atoms with van der Waals surface area (Å²) in [6.07, 6.45) is 0. The molecule has 148 valence electrons. The number of aromatic hydroxyl groups is 1. The van der Waals surface area contributed by atoms with E-state index in [-0.39, 0.29) is 11.8 Å². The molecule has 1 atom stereocenters. The second-order valence-corrected chi connectivity index (χ2v) is 7.26. The van der Waals surface area contributed by atoms with E-state index in [0.717, 1.165) is 42.9 Å². The van der Waals surface area contributed by atoms with Crippen LogP contribution in [-0.2, 0) is 6.54 Å². The molecule has 0 radical (unpaired) electrons. The molecule has 1 fully saturated rings. The molecule has 7 heteroatoms. The number of benzene rings is 2. The van der Waals surface area contributed by atoms with E-state index < -0.39 is 6.55 Å². The molecule has 1 N–H and O–H groups in total. The molecule has 4 rings (SSSR count). The van der Waals surface area contributed by atoms with Gasteiger partial charge in [-0.1, -0.05) is 24.3 Å². The van der Waals surface area contributed by atoms with Gasteiger partial charge in [-0.15, -0.1) is 0 Å². The summed E-state index contributed by atoms with van der Waals surface area (Å²) >= 11 is 0. The predicted molar refractivity (Wildman–Crippen MR) is 104 cm³/mol. The quantitative estimate of drug-likeness (QED) is 0.720. The van der Waals surface area contributed by atoms with Gasteiger partial charge in [-0.05, 0) is 36.8 Å². The van der Waals surface area contributed by atoms with Crippen molar-refractivity contribution in [1.82, 2.24) is 19.4 Å². The second-order valence-electron chi connectivity index (χ2n) is 7.26. The van der Waals surface area contributed by atoms with Gasteiger partial charge in [0.25, 0.3) is 0 Å². The van der Waals surface area contributed by atoms with Crippen molar-refractivity contribution in [3.63, 3.8) is 0 Å². The molecule has 0 saturated carbocycles. The van der Waals surface area contributed by atoms with Crippen molar-refractivity contribution < 1.29 is 13.9 Å². The zero-order valence-corrected chi connectivity index (χ0v) is 15.8. The standard InChI is InChI=1S/C21H24F2N4O/c1-15(20-24-18-7-2-3-8-19(18)27(20)21(22)23)26-11-9-25(10-12-26)14-16-5-4-6-17(28)13-16/h2-8,13,15,21,28H,9-12,14H2,1H3. The van der Waals surface area contributed by atoms with Crippen LogP contribution in [0.4, 0.5) is 8.78 Å². The molecule has 1 aliphatic heterocycles. The molecule has 0 bridgehead atoms. The first-order chi connectivity index (χ1) is 13.5. The van der Waals surface area contributed by atoms with Gasteiger partial charge in [0.1, 0.15) is 11.6 Å². The highest BCUT2D eigenvalue weighted by atomic mass is 19.3. The van der Waals surface area contributed by atoms with Gasteiger partial charge in [-0.25, -0.2) is 4.98 Å². The Morgan fingerprint density at radius 1 is 1.04 bits per heavy atom. The molecular formula is C21H24F2N4O. The van der Waals surface area contributed by atoms with Crippen LogP contribution in [0.3, 0.4) is 0 Å². The van der Waals surface area contributed by atoms with Gasteiger partial charge < -0.3 is 5.11 Å². The van der Waals surface area contributed by atoms with E-state index in [1.807, 2.05) is 25.1 Å². The van der Waals surface area contributed by atoms with Crippen molar-refractivity contribution in [2.24, 2.45) is 0 Å². The molecular weight excluding hydrogens is 362 g/mol. The topological polar surface area (TPSA) is 44.5 Å². The lowest BCUT2D eigenvalue weighted by Crippen LogP contribution is -2.47. The summed E-state index contributed by atoms with van der Waals surface area (Å²) in [5.74, 6) is 0.688. The minimum Gasteiger partial charge on any atom is -0.508 e. The Kier molecular flexibility index (Phi) is 5.28. The Balaban J connectivity index is 1.46. The van der Waals surface area contributed by atoms with Crippen LogP contribution in [0.15, 0.2) is 48.5 Å². The fourth-order valence-corrected chi connectivity index (χ4v) is 3.95. The van der Waals surface area contributed by atoms with Gasteiger partial charge in [-0.3, -0.25) is 14.4 Å². The number of phenolic OH excluding ortho intramolecular Hbond substituents is 1. The molecule has 2 heterocycles. The number of para-hydroxylation sites is 2. The van der Waals surface area contributed by atoms with E-state index >= 15 is 0 Å². The Morgan fingerprint density at radius 3 is 2.50 bits per heavy atom. The Labute approximate surface area is 162 Å². The first-order valence-corrected chi connectivity index (χ1v) is 9.52. The number of aromatic nitrogens is 2. The summed E-state index contributed by atoms with van der Waals surface area (Å²) < 4.78 is 28.5. The lowest BCUT2D eigenvalue weighted by Gasteiger charge is -2.37. The SMILES string of the molecule is CC(c1nc2ccccc2n1C(F)F)N1CCN(Cc2cccc(O)c2)CC1. The molecule has 0 spiro atoms. The first kappa shape index (κ1) is 18.8. The lowest BCUT2D eigenvalue weighted by molar-refractivity contribution is 0.0558. The zero-order valence-electron chi connectivity index (χ0n) is 15.8. The van der Waals surface area contributed by atoms with E-state index in [2.05, 4.69) is 14.8 Å². The van der Waals surface area contributed by atoms with Gasteiger partial charge in [0.2, 0.25) is 0 Å². The number of piperazine rings is 1. The second kappa shape index (κ2) is 7.85. The largest absolute Gasteiger partial charge is 0.508 e. The molecule has 2 aromatic carbocycles. The van der Waals surface area contributed by atoms with Crippen molar-refractivity contribution in [3.8, 4) is 5.75 Å². The molecule has 1 aromatic heterocycles. The molecule has 0 aliphatic carbocycles. The van der Waals surface area contributed by atoms with Crippen molar-refractivity contribution >= 4 is 11.0 Å². The number of phenols is 1. The summed E-state index contributed by atoms with van der Waals surface area (Å²) in [6, 6.07) is 14.1. The van der Waals surface area contributed by atoms with Gasteiger partial charge in [0, 0.05) is 32.7 Å². The van der Waals surface area contributed by atoms with E-state index in [4.69, 9.17) is 0 Å². The molecule has 5 nitrogen and oxygen atoms in total. The summed E-state index contributed by atoms with van der Waals surface area (Å²) in [6.45, 7) is 3.36. The number of nitrogens with zero attached hydrogens (tertiary/aromatic N) is 4. The summed E-state index contributed by atoms with van der Waals surface area (Å²) in [5.41, 5.74) is 2.15. The molecule has 28 heavy (non-hydrogen) atoms. The van der Waals surface area contributed by atoms with E-state index in [1.54, 1.807) is 30.3 Å². The molecule has 3 aromatic rings. The summed E-state index contributed by atoms with van der Waals surface area (Å²) in [7, 11) is 0. The maximum Gasteiger partial charge on any atom is 0.320 e. The van der Waals surface area contributed by atoms with Crippen LogP contribution in [0.1, 0.15) is 30.9 Å². The van der Waals surface area contributed by atoms with Crippen LogP contribution < -0.4 is 0 Å². The average molecular weight is 386 g/mol. The number of rotatable bonds is 5. The number of halogens is 2.